The Balaban J connectivity index is 1.90. The van der Waals surface area contributed by atoms with E-state index in [1.807, 2.05) is 30.3 Å². The molecule has 0 aromatic heterocycles. The standard InChI is InChI=1S/C25H32ClN3O5S/c1-28(35(2,32)33)18-24(30)29(17-20-10-12-21(26)13-11-20)23(15-19-7-4-3-5-8-19)25(31)27-16-22-9-6-14-34-22/h3-5,7-8,10-13,22-23H,6,9,14-18H2,1-2H3,(H,27,31). The molecule has 10 heteroatoms. The van der Waals surface area contributed by atoms with Crippen LogP contribution < -0.4 is 5.32 Å². The minimum Gasteiger partial charge on any atom is -0.376 e. The van der Waals surface area contributed by atoms with Gasteiger partial charge in [-0.05, 0) is 36.1 Å². The van der Waals surface area contributed by atoms with E-state index in [-0.39, 0.29) is 31.5 Å². The first-order valence-corrected chi connectivity index (χ1v) is 13.7. The van der Waals surface area contributed by atoms with Crippen LogP contribution in [0.4, 0.5) is 0 Å². The average molecular weight is 522 g/mol. The van der Waals surface area contributed by atoms with Crippen molar-refractivity contribution in [2.24, 2.45) is 0 Å². The first-order valence-electron chi connectivity index (χ1n) is 11.5. The Morgan fingerprint density at radius 3 is 2.40 bits per heavy atom. The van der Waals surface area contributed by atoms with Gasteiger partial charge in [0, 0.05) is 38.2 Å². The highest BCUT2D eigenvalue weighted by molar-refractivity contribution is 7.88. The van der Waals surface area contributed by atoms with Crippen LogP contribution in [-0.4, -0.2) is 74.6 Å². The summed E-state index contributed by atoms with van der Waals surface area (Å²) in [7, 11) is -2.24. The molecule has 0 bridgehead atoms. The van der Waals surface area contributed by atoms with E-state index in [4.69, 9.17) is 16.3 Å². The number of hydrogen-bond donors (Lipinski definition) is 1. The van der Waals surface area contributed by atoms with Crippen LogP contribution in [0, 0.1) is 0 Å². The van der Waals surface area contributed by atoms with Crippen molar-refractivity contribution in [3.05, 3.63) is 70.7 Å². The van der Waals surface area contributed by atoms with Crippen LogP contribution in [0.25, 0.3) is 0 Å². The molecule has 1 aliphatic rings. The van der Waals surface area contributed by atoms with Gasteiger partial charge in [0.05, 0.1) is 18.9 Å². The van der Waals surface area contributed by atoms with Gasteiger partial charge in [-0.25, -0.2) is 8.42 Å². The fraction of sp³-hybridized carbons (Fsp3) is 0.440. The molecular weight excluding hydrogens is 490 g/mol. The van der Waals surface area contributed by atoms with Crippen LogP contribution in [0.1, 0.15) is 24.0 Å². The summed E-state index contributed by atoms with van der Waals surface area (Å²) >= 11 is 6.02. The zero-order valence-electron chi connectivity index (χ0n) is 20.0. The van der Waals surface area contributed by atoms with Crippen LogP contribution in [0.2, 0.25) is 5.02 Å². The number of hydrogen-bond acceptors (Lipinski definition) is 5. The monoisotopic (exact) mass is 521 g/mol. The summed E-state index contributed by atoms with van der Waals surface area (Å²) in [5.74, 6) is -0.783. The lowest BCUT2D eigenvalue weighted by molar-refractivity contribution is -0.141. The Hall–Kier alpha value is -2.46. The first-order chi connectivity index (χ1) is 16.6. The maximum atomic E-state index is 13.5. The van der Waals surface area contributed by atoms with E-state index in [0.717, 1.165) is 34.5 Å². The molecule has 2 atom stereocenters. The molecule has 2 aromatic carbocycles. The molecule has 1 aliphatic heterocycles. The van der Waals surface area contributed by atoms with Crippen LogP contribution in [0.15, 0.2) is 54.6 Å². The molecule has 0 radical (unpaired) electrons. The highest BCUT2D eigenvalue weighted by Gasteiger charge is 2.32. The molecule has 0 spiro atoms. The number of benzene rings is 2. The number of nitrogens with zero attached hydrogens (tertiary/aromatic N) is 2. The summed E-state index contributed by atoms with van der Waals surface area (Å²) in [6, 6.07) is 15.6. The van der Waals surface area contributed by atoms with Gasteiger partial charge in [0.15, 0.2) is 0 Å². The van der Waals surface area contributed by atoms with Crippen LogP contribution in [-0.2, 0) is 37.3 Å². The largest absolute Gasteiger partial charge is 0.376 e. The second kappa shape index (κ2) is 12.5. The third kappa shape index (κ3) is 8.31. The second-order valence-electron chi connectivity index (χ2n) is 8.75. The topological polar surface area (TPSA) is 96.0 Å². The molecule has 0 aliphatic carbocycles. The third-order valence-corrected chi connectivity index (χ3v) is 7.50. The number of ether oxygens (including phenoxy) is 1. The van der Waals surface area contributed by atoms with Gasteiger partial charge in [-0.2, -0.15) is 4.31 Å². The Bertz CT molecular complexity index is 1090. The number of sulfonamides is 1. The summed E-state index contributed by atoms with van der Waals surface area (Å²) in [5.41, 5.74) is 1.66. The third-order valence-electron chi connectivity index (χ3n) is 5.99. The zero-order chi connectivity index (χ0) is 25.4. The van der Waals surface area contributed by atoms with Crippen LogP contribution in [0.5, 0.6) is 0 Å². The van der Waals surface area contributed by atoms with E-state index < -0.39 is 22.0 Å². The smallest absolute Gasteiger partial charge is 0.243 e. The molecule has 2 amide bonds. The van der Waals surface area contributed by atoms with Crippen molar-refractivity contribution >= 4 is 33.4 Å². The van der Waals surface area contributed by atoms with E-state index in [9.17, 15) is 18.0 Å². The molecule has 1 saturated heterocycles. The Morgan fingerprint density at radius 2 is 1.80 bits per heavy atom. The number of carbonyl (C=O) groups is 2. The lowest BCUT2D eigenvalue weighted by Gasteiger charge is -2.32. The van der Waals surface area contributed by atoms with Crippen molar-refractivity contribution < 1.29 is 22.7 Å². The van der Waals surface area contributed by atoms with Gasteiger partial charge >= 0.3 is 0 Å². The molecular formula is C25H32ClN3O5S. The molecule has 2 aromatic rings. The van der Waals surface area contributed by atoms with Crippen LogP contribution in [0.3, 0.4) is 0 Å². The molecule has 1 N–H and O–H groups in total. The molecule has 1 fully saturated rings. The molecule has 8 nitrogen and oxygen atoms in total. The summed E-state index contributed by atoms with van der Waals surface area (Å²) in [6.07, 6.45) is 3.09. The van der Waals surface area contributed by atoms with E-state index in [0.29, 0.717) is 18.2 Å². The number of likely N-dealkylation sites (N-methyl/N-ethyl adjacent to an activating group) is 1. The van der Waals surface area contributed by atoms with Gasteiger partial charge in [0.2, 0.25) is 21.8 Å². The van der Waals surface area contributed by atoms with Gasteiger partial charge in [-0.1, -0.05) is 54.1 Å². The lowest BCUT2D eigenvalue weighted by atomic mass is 10.0. The molecule has 35 heavy (non-hydrogen) atoms. The van der Waals surface area contributed by atoms with E-state index in [1.165, 1.54) is 11.9 Å². The fourth-order valence-corrected chi connectivity index (χ4v) is 4.35. The van der Waals surface area contributed by atoms with E-state index in [2.05, 4.69) is 5.32 Å². The number of rotatable bonds is 11. The van der Waals surface area contributed by atoms with Crippen molar-refractivity contribution in [1.82, 2.24) is 14.5 Å². The van der Waals surface area contributed by atoms with Gasteiger partial charge in [0.25, 0.3) is 0 Å². The van der Waals surface area contributed by atoms with Crippen molar-refractivity contribution in [2.75, 3.05) is 33.0 Å². The Labute approximate surface area is 212 Å². The Kier molecular flexibility index (Phi) is 9.68. The maximum Gasteiger partial charge on any atom is 0.243 e. The normalized spacial score (nSPS) is 16.7. The number of amides is 2. The van der Waals surface area contributed by atoms with Crippen molar-refractivity contribution in [1.29, 1.82) is 0 Å². The van der Waals surface area contributed by atoms with Crippen molar-refractivity contribution in [3.8, 4) is 0 Å². The molecule has 190 valence electrons. The highest BCUT2D eigenvalue weighted by Crippen LogP contribution is 2.18. The fourth-order valence-electron chi connectivity index (χ4n) is 3.88. The van der Waals surface area contributed by atoms with Crippen molar-refractivity contribution in [2.45, 2.75) is 38.0 Å². The van der Waals surface area contributed by atoms with Gasteiger partial charge in [-0.15, -0.1) is 0 Å². The molecule has 2 unspecified atom stereocenters. The summed E-state index contributed by atoms with van der Waals surface area (Å²) in [6.45, 7) is 0.776. The number of nitrogens with one attached hydrogen (secondary N) is 1. The SMILES string of the molecule is CN(CC(=O)N(Cc1ccc(Cl)cc1)C(Cc1ccccc1)C(=O)NCC1CCCO1)S(C)(=O)=O. The Morgan fingerprint density at radius 1 is 1.11 bits per heavy atom. The van der Waals surface area contributed by atoms with Gasteiger partial charge in [0.1, 0.15) is 6.04 Å². The molecule has 0 saturated carbocycles. The number of carbonyl (C=O) groups excluding carboxylic acids is 2. The van der Waals surface area contributed by atoms with Gasteiger partial charge < -0.3 is 15.0 Å². The number of halogens is 1. The van der Waals surface area contributed by atoms with Gasteiger partial charge in [-0.3, -0.25) is 9.59 Å². The maximum absolute atomic E-state index is 13.5. The molecule has 1 heterocycles. The van der Waals surface area contributed by atoms with E-state index >= 15 is 0 Å². The quantitative estimate of drug-likeness (QED) is 0.490. The highest BCUT2D eigenvalue weighted by atomic mass is 35.5. The zero-order valence-corrected chi connectivity index (χ0v) is 21.6. The van der Waals surface area contributed by atoms with Crippen molar-refractivity contribution in [3.63, 3.8) is 0 Å². The predicted octanol–water partition coefficient (Wildman–Crippen LogP) is 2.47. The first kappa shape index (κ1) is 27.1. The minimum atomic E-state index is -3.58. The minimum absolute atomic E-state index is 0.0480. The molecule has 3 rings (SSSR count). The summed E-state index contributed by atoms with van der Waals surface area (Å²) in [4.78, 5) is 28.4. The van der Waals surface area contributed by atoms with E-state index in [1.54, 1.807) is 24.3 Å². The second-order valence-corrected chi connectivity index (χ2v) is 11.3. The predicted molar refractivity (Wildman–Crippen MR) is 135 cm³/mol. The van der Waals surface area contributed by atoms with Crippen LogP contribution >= 0.6 is 11.6 Å². The lowest BCUT2D eigenvalue weighted by Crippen LogP contribution is -2.53. The summed E-state index contributed by atoms with van der Waals surface area (Å²) < 4.78 is 30.6. The summed E-state index contributed by atoms with van der Waals surface area (Å²) in [5, 5.41) is 3.50. The average Bonchev–Trinajstić information content (AvgIpc) is 3.34.